The van der Waals surface area contributed by atoms with E-state index in [1.807, 2.05) is 30.3 Å². The summed E-state index contributed by atoms with van der Waals surface area (Å²) in [5, 5.41) is 4.97. The highest BCUT2D eigenvalue weighted by Gasteiger charge is 2.26. The molecule has 33 heavy (non-hydrogen) atoms. The van der Waals surface area contributed by atoms with Crippen molar-refractivity contribution in [3.8, 4) is 23.1 Å². The van der Waals surface area contributed by atoms with Crippen molar-refractivity contribution in [2.24, 2.45) is 0 Å². The molecule has 0 unspecified atom stereocenters. The van der Waals surface area contributed by atoms with Gasteiger partial charge in [0, 0.05) is 10.8 Å². The summed E-state index contributed by atoms with van der Waals surface area (Å²) >= 11 is 0. The maximum atomic E-state index is 6.24. The van der Waals surface area contributed by atoms with Crippen LogP contribution >= 0.6 is 0 Å². The van der Waals surface area contributed by atoms with Gasteiger partial charge in [-0.05, 0) is 47.2 Å². The van der Waals surface area contributed by atoms with Crippen molar-refractivity contribution in [2.45, 2.75) is 0 Å². The van der Waals surface area contributed by atoms with Gasteiger partial charge >= 0.3 is 0 Å². The van der Waals surface area contributed by atoms with Gasteiger partial charge in [-0.2, -0.15) is 0 Å². The number of hydrogen-bond donors (Lipinski definition) is 0. The number of hydrogen-bond acceptors (Lipinski definition) is 2. The highest BCUT2D eigenvalue weighted by Crippen LogP contribution is 2.44. The van der Waals surface area contributed by atoms with Crippen LogP contribution in [0.1, 0.15) is 0 Å². The van der Waals surface area contributed by atoms with Gasteiger partial charge in [-0.25, -0.2) is 4.98 Å². The first-order valence-electron chi connectivity index (χ1n) is 11.1. The third-order valence-electron chi connectivity index (χ3n) is 6.71. The van der Waals surface area contributed by atoms with Gasteiger partial charge in [0.05, 0.1) is 22.2 Å². The molecular weight excluding hydrogens is 406 g/mol. The number of fused-ring (bicyclic) bond motifs is 7. The zero-order chi connectivity index (χ0) is 21.5. The molecular formula is C29H17N3O. The van der Waals surface area contributed by atoms with Crippen molar-refractivity contribution in [3.63, 3.8) is 0 Å². The smallest absolute Gasteiger partial charge is 0.220 e. The summed E-state index contributed by atoms with van der Waals surface area (Å²) in [5.41, 5.74) is 5.20. The van der Waals surface area contributed by atoms with Crippen LogP contribution in [0.4, 0.5) is 0 Å². The lowest BCUT2D eigenvalue weighted by molar-refractivity contribution is 0.475. The predicted octanol–water partition coefficient (Wildman–Crippen LogP) is 7.38. The van der Waals surface area contributed by atoms with Gasteiger partial charge in [0.25, 0.3) is 0 Å². The fourth-order valence-corrected chi connectivity index (χ4v) is 5.35. The van der Waals surface area contributed by atoms with Crippen LogP contribution in [-0.4, -0.2) is 14.1 Å². The number of imidazole rings is 1. The molecule has 0 atom stereocenters. The molecule has 0 aliphatic carbocycles. The van der Waals surface area contributed by atoms with E-state index in [1.165, 1.54) is 21.5 Å². The summed E-state index contributed by atoms with van der Waals surface area (Å²) in [7, 11) is 0. The monoisotopic (exact) mass is 423 g/mol. The lowest BCUT2D eigenvalue weighted by Crippen LogP contribution is -2.09. The Labute approximate surface area is 188 Å². The molecule has 8 rings (SSSR count). The number of para-hydroxylation sites is 4. The van der Waals surface area contributed by atoms with Crippen LogP contribution < -0.4 is 4.74 Å². The van der Waals surface area contributed by atoms with E-state index in [4.69, 9.17) is 9.72 Å². The quantitative estimate of drug-likeness (QED) is 0.276. The van der Waals surface area contributed by atoms with Gasteiger partial charge in [0.1, 0.15) is 5.52 Å². The molecule has 0 fully saturated rings. The van der Waals surface area contributed by atoms with Crippen molar-refractivity contribution in [1.29, 1.82) is 0 Å². The zero-order valence-electron chi connectivity index (χ0n) is 17.6. The second-order valence-electron chi connectivity index (χ2n) is 8.47. The topological polar surface area (TPSA) is 32.0 Å². The fraction of sp³-hybridized carbons (Fsp3) is 0. The average molecular weight is 423 g/mol. The molecule has 0 bridgehead atoms. The zero-order valence-corrected chi connectivity index (χ0v) is 17.6. The maximum absolute atomic E-state index is 6.24. The van der Waals surface area contributed by atoms with Crippen LogP contribution in [0.15, 0.2) is 103 Å². The van der Waals surface area contributed by atoms with Crippen molar-refractivity contribution < 1.29 is 4.74 Å². The minimum Gasteiger partial charge on any atom is -0.453 e. The summed E-state index contributed by atoms with van der Waals surface area (Å²) in [5.74, 6) is 2.54. The third kappa shape index (κ3) is 2.12. The van der Waals surface area contributed by atoms with E-state index in [0.717, 1.165) is 45.2 Å². The molecule has 5 aromatic carbocycles. The third-order valence-corrected chi connectivity index (χ3v) is 6.71. The Morgan fingerprint density at radius 1 is 0.576 bits per heavy atom. The van der Waals surface area contributed by atoms with Gasteiger partial charge in [-0.3, -0.25) is 9.13 Å². The second kappa shape index (κ2) is 6.02. The van der Waals surface area contributed by atoms with Crippen LogP contribution in [-0.2, 0) is 0 Å². The van der Waals surface area contributed by atoms with Crippen LogP contribution in [0.3, 0.4) is 0 Å². The molecule has 7 aromatic rings. The van der Waals surface area contributed by atoms with E-state index >= 15 is 0 Å². The van der Waals surface area contributed by atoms with E-state index < -0.39 is 0 Å². The lowest BCUT2D eigenvalue weighted by Gasteiger charge is -2.21. The van der Waals surface area contributed by atoms with Gasteiger partial charge in [-0.15, -0.1) is 0 Å². The highest BCUT2D eigenvalue weighted by molar-refractivity contribution is 6.21. The number of benzene rings is 5. The SMILES string of the molecule is c1ccc2c(c1)Oc1cccc3nc(-n4c5ccccc5c5c6ccccc6ccc54)n-2c13. The molecule has 0 spiro atoms. The van der Waals surface area contributed by atoms with Gasteiger partial charge in [0.2, 0.25) is 5.95 Å². The van der Waals surface area contributed by atoms with E-state index in [-0.39, 0.29) is 0 Å². The van der Waals surface area contributed by atoms with Gasteiger partial charge < -0.3 is 4.74 Å². The summed E-state index contributed by atoms with van der Waals surface area (Å²) < 4.78 is 10.8. The standard InChI is InChI=1S/C29H17N3O/c1-2-9-19-18(8-1)16-17-24-27(19)20-10-3-4-12-22(20)31(24)29-30-21-11-7-15-26-28(21)32(29)23-13-5-6-14-25(23)33-26/h1-17H. The molecule has 4 heteroatoms. The molecule has 2 aromatic heterocycles. The van der Waals surface area contributed by atoms with Gasteiger partial charge in [-0.1, -0.05) is 66.7 Å². The first kappa shape index (κ1) is 17.0. The Morgan fingerprint density at radius 3 is 2.33 bits per heavy atom. The second-order valence-corrected chi connectivity index (χ2v) is 8.47. The Balaban J connectivity index is 1.61. The molecule has 0 amide bonds. The molecule has 0 radical (unpaired) electrons. The summed E-state index contributed by atoms with van der Waals surface area (Å²) in [6, 6.07) is 35.9. The van der Waals surface area contributed by atoms with Crippen LogP contribution in [0, 0.1) is 0 Å². The summed E-state index contributed by atoms with van der Waals surface area (Å²) in [6.07, 6.45) is 0. The molecule has 0 saturated carbocycles. The molecule has 1 aliphatic heterocycles. The van der Waals surface area contributed by atoms with E-state index in [2.05, 4.69) is 81.9 Å². The molecule has 0 N–H and O–H groups in total. The van der Waals surface area contributed by atoms with Crippen LogP contribution in [0.25, 0.3) is 55.2 Å². The Kier molecular flexibility index (Phi) is 3.11. The van der Waals surface area contributed by atoms with Crippen molar-refractivity contribution >= 4 is 43.6 Å². The highest BCUT2D eigenvalue weighted by atomic mass is 16.5. The molecule has 4 nitrogen and oxygen atoms in total. The molecule has 154 valence electrons. The van der Waals surface area contributed by atoms with Gasteiger partial charge in [0.15, 0.2) is 11.5 Å². The minimum atomic E-state index is 0.830. The Bertz CT molecular complexity index is 1910. The molecule has 1 aliphatic rings. The Morgan fingerprint density at radius 2 is 1.36 bits per heavy atom. The van der Waals surface area contributed by atoms with E-state index in [9.17, 15) is 0 Å². The normalized spacial score (nSPS) is 12.5. The summed E-state index contributed by atoms with van der Waals surface area (Å²) in [4.78, 5) is 5.15. The lowest BCUT2D eigenvalue weighted by atomic mass is 10.0. The maximum Gasteiger partial charge on any atom is 0.220 e. The van der Waals surface area contributed by atoms with Crippen molar-refractivity contribution in [3.05, 3.63) is 103 Å². The fourth-order valence-electron chi connectivity index (χ4n) is 5.35. The first-order chi connectivity index (χ1) is 16.4. The van der Waals surface area contributed by atoms with E-state index in [0.29, 0.717) is 0 Å². The first-order valence-corrected chi connectivity index (χ1v) is 11.1. The van der Waals surface area contributed by atoms with Crippen molar-refractivity contribution in [2.75, 3.05) is 0 Å². The summed E-state index contributed by atoms with van der Waals surface area (Å²) in [6.45, 7) is 0. The minimum absolute atomic E-state index is 0.830. The number of rotatable bonds is 1. The van der Waals surface area contributed by atoms with E-state index in [1.54, 1.807) is 0 Å². The van der Waals surface area contributed by atoms with Crippen molar-refractivity contribution in [1.82, 2.24) is 14.1 Å². The number of nitrogens with zero attached hydrogens (tertiary/aromatic N) is 3. The average Bonchev–Trinajstić information content (AvgIpc) is 3.41. The molecule has 0 saturated heterocycles. The van der Waals surface area contributed by atoms with Crippen LogP contribution in [0.5, 0.6) is 11.5 Å². The molecule has 3 heterocycles. The largest absolute Gasteiger partial charge is 0.453 e. The number of aromatic nitrogens is 3. The predicted molar refractivity (Wildman–Crippen MR) is 133 cm³/mol. The Hall–Kier alpha value is -4.57. The number of ether oxygens (including phenoxy) is 1. The van der Waals surface area contributed by atoms with Crippen LogP contribution in [0.2, 0.25) is 0 Å².